The third-order valence-corrected chi connectivity index (χ3v) is 4.82. The molecule has 0 aromatic heterocycles. The number of hydrogen-bond acceptors (Lipinski definition) is 2. The molecule has 0 saturated heterocycles. The van der Waals surface area contributed by atoms with E-state index >= 15 is 0 Å². The Morgan fingerprint density at radius 1 is 1.30 bits per heavy atom. The lowest BCUT2D eigenvalue weighted by molar-refractivity contribution is 0.194. The van der Waals surface area contributed by atoms with Gasteiger partial charge in [-0.15, -0.1) is 0 Å². The maximum atomic E-state index is 8.71. The van der Waals surface area contributed by atoms with Gasteiger partial charge in [-0.1, -0.05) is 18.3 Å². The minimum absolute atomic E-state index is 0.0957. The van der Waals surface area contributed by atoms with E-state index in [0.717, 1.165) is 41.2 Å². The Morgan fingerprint density at radius 3 is 2.85 bits per heavy atom. The predicted octanol–water partition coefficient (Wildman–Crippen LogP) is 3.15. The zero-order chi connectivity index (χ0) is 13.9. The van der Waals surface area contributed by atoms with Crippen LogP contribution >= 0.6 is 0 Å². The van der Waals surface area contributed by atoms with Crippen LogP contribution < -0.4 is 4.74 Å². The molecule has 2 aliphatic carbocycles. The van der Waals surface area contributed by atoms with Crippen LogP contribution in [0.5, 0.6) is 5.75 Å². The van der Waals surface area contributed by atoms with Gasteiger partial charge in [0.1, 0.15) is 12.4 Å². The highest BCUT2D eigenvalue weighted by Gasteiger charge is 2.39. The number of aryl methyl sites for hydroxylation is 1. The number of aliphatic hydroxyl groups is 1. The standard InChI is InChI=1S/C18H22O2/c1-13-9-14(3-2-8-19)5-7-18(13)20-12-17-11-15-4-6-16(17)10-15/h5,7,9,15-17,19H,4,6,8,10-12H2,1H3. The number of benzene rings is 1. The number of fused-ring (bicyclic) bond motifs is 2. The molecule has 1 aromatic carbocycles. The van der Waals surface area contributed by atoms with Crippen LogP contribution in [-0.4, -0.2) is 18.3 Å². The molecule has 2 fully saturated rings. The van der Waals surface area contributed by atoms with Crippen molar-refractivity contribution in [3.8, 4) is 17.6 Å². The van der Waals surface area contributed by atoms with Crippen molar-refractivity contribution in [2.24, 2.45) is 17.8 Å². The normalized spacial score (nSPS) is 27.2. The highest BCUT2D eigenvalue weighted by molar-refractivity contribution is 5.43. The molecule has 0 spiro atoms. The third-order valence-electron chi connectivity index (χ3n) is 4.82. The predicted molar refractivity (Wildman–Crippen MR) is 79.6 cm³/mol. The summed E-state index contributed by atoms with van der Waals surface area (Å²) < 4.78 is 6.04. The molecule has 2 nitrogen and oxygen atoms in total. The Kier molecular flexibility index (Phi) is 3.98. The molecule has 2 aliphatic rings. The van der Waals surface area contributed by atoms with E-state index in [-0.39, 0.29) is 6.61 Å². The Bertz CT molecular complexity index is 538. The molecule has 3 unspecified atom stereocenters. The van der Waals surface area contributed by atoms with Crippen molar-refractivity contribution in [3.63, 3.8) is 0 Å². The smallest absolute Gasteiger partial charge is 0.122 e. The molecule has 1 N–H and O–H groups in total. The van der Waals surface area contributed by atoms with Crippen LogP contribution in [0.4, 0.5) is 0 Å². The summed E-state index contributed by atoms with van der Waals surface area (Å²) in [4.78, 5) is 0. The van der Waals surface area contributed by atoms with Gasteiger partial charge in [-0.2, -0.15) is 0 Å². The van der Waals surface area contributed by atoms with Gasteiger partial charge in [-0.05, 0) is 67.7 Å². The first-order valence-corrected chi connectivity index (χ1v) is 7.59. The molecule has 2 heteroatoms. The Balaban J connectivity index is 1.60. The molecule has 0 amide bonds. The van der Waals surface area contributed by atoms with Gasteiger partial charge in [0.05, 0.1) is 6.61 Å². The van der Waals surface area contributed by atoms with Gasteiger partial charge >= 0.3 is 0 Å². The van der Waals surface area contributed by atoms with Crippen molar-refractivity contribution in [2.45, 2.75) is 32.6 Å². The average molecular weight is 270 g/mol. The molecular weight excluding hydrogens is 248 g/mol. The van der Waals surface area contributed by atoms with E-state index in [0.29, 0.717) is 0 Å². The summed E-state index contributed by atoms with van der Waals surface area (Å²) in [7, 11) is 0. The molecule has 20 heavy (non-hydrogen) atoms. The van der Waals surface area contributed by atoms with Crippen LogP contribution in [0.2, 0.25) is 0 Å². The minimum Gasteiger partial charge on any atom is -0.493 e. The Hall–Kier alpha value is -1.46. The van der Waals surface area contributed by atoms with Gasteiger partial charge in [0.15, 0.2) is 0 Å². The monoisotopic (exact) mass is 270 g/mol. The molecule has 0 radical (unpaired) electrons. The number of aliphatic hydroxyl groups excluding tert-OH is 1. The zero-order valence-electron chi connectivity index (χ0n) is 12.1. The average Bonchev–Trinajstić information content (AvgIpc) is 3.06. The van der Waals surface area contributed by atoms with Gasteiger partial charge < -0.3 is 9.84 Å². The lowest BCUT2D eigenvalue weighted by Gasteiger charge is -2.22. The Labute approximate surface area is 121 Å². The van der Waals surface area contributed by atoms with E-state index in [2.05, 4.69) is 18.8 Å². The van der Waals surface area contributed by atoms with Crippen LogP contribution in [0.15, 0.2) is 18.2 Å². The van der Waals surface area contributed by atoms with Gasteiger partial charge in [-0.25, -0.2) is 0 Å². The topological polar surface area (TPSA) is 29.5 Å². The van der Waals surface area contributed by atoms with E-state index in [1.807, 2.05) is 18.2 Å². The molecular formula is C18H22O2. The summed E-state index contributed by atoms with van der Waals surface area (Å²) in [6, 6.07) is 5.99. The number of rotatable bonds is 3. The maximum Gasteiger partial charge on any atom is 0.122 e. The fraction of sp³-hybridized carbons (Fsp3) is 0.556. The molecule has 3 atom stereocenters. The number of hydrogen-bond donors (Lipinski definition) is 1. The second-order valence-corrected chi connectivity index (χ2v) is 6.19. The molecule has 0 heterocycles. The highest BCUT2D eigenvalue weighted by Crippen LogP contribution is 2.48. The lowest BCUT2D eigenvalue weighted by Crippen LogP contribution is -2.18. The van der Waals surface area contributed by atoms with E-state index < -0.39 is 0 Å². The largest absolute Gasteiger partial charge is 0.493 e. The maximum absolute atomic E-state index is 8.71. The van der Waals surface area contributed by atoms with Crippen molar-refractivity contribution in [2.75, 3.05) is 13.2 Å². The second kappa shape index (κ2) is 5.89. The first-order valence-electron chi connectivity index (χ1n) is 7.59. The first kappa shape index (κ1) is 13.5. The Morgan fingerprint density at radius 2 is 2.20 bits per heavy atom. The van der Waals surface area contributed by atoms with Crippen LogP contribution in [-0.2, 0) is 0 Å². The van der Waals surface area contributed by atoms with Gasteiger partial charge in [-0.3, -0.25) is 0 Å². The van der Waals surface area contributed by atoms with Crippen molar-refractivity contribution in [1.29, 1.82) is 0 Å². The van der Waals surface area contributed by atoms with E-state index in [1.54, 1.807) is 0 Å². The molecule has 0 aliphatic heterocycles. The van der Waals surface area contributed by atoms with Crippen molar-refractivity contribution >= 4 is 0 Å². The van der Waals surface area contributed by atoms with Gasteiger partial charge in [0, 0.05) is 5.56 Å². The quantitative estimate of drug-likeness (QED) is 0.855. The second-order valence-electron chi connectivity index (χ2n) is 6.19. The van der Waals surface area contributed by atoms with Crippen molar-refractivity contribution < 1.29 is 9.84 Å². The van der Waals surface area contributed by atoms with Crippen LogP contribution in [0.1, 0.15) is 36.8 Å². The lowest BCUT2D eigenvalue weighted by atomic mass is 9.89. The SMILES string of the molecule is Cc1cc(C#CCO)ccc1OCC1CC2CCC1C2. The van der Waals surface area contributed by atoms with Crippen LogP contribution in [0.25, 0.3) is 0 Å². The summed E-state index contributed by atoms with van der Waals surface area (Å²) in [5, 5.41) is 8.71. The first-order chi connectivity index (χ1) is 9.76. The summed E-state index contributed by atoms with van der Waals surface area (Å²) in [5.74, 6) is 9.23. The number of ether oxygens (including phenoxy) is 1. The highest BCUT2D eigenvalue weighted by atomic mass is 16.5. The fourth-order valence-corrected chi connectivity index (χ4v) is 3.81. The van der Waals surface area contributed by atoms with E-state index in [1.165, 1.54) is 25.7 Å². The van der Waals surface area contributed by atoms with E-state index in [9.17, 15) is 0 Å². The fourth-order valence-electron chi connectivity index (χ4n) is 3.81. The van der Waals surface area contributed by atoms with Gasteiger partial charge in [0.2, 0.25) is 0 Å². The minimum atomic E-state index is -0.0957. The van der Waals surface area contributed by atoms with Crippen molar-refractivity contribution in [3.05, 3.63) is 29.3 Å². The zero-order valence-corrected chi connectivity index (χ0v) is 12.1. The molecule has 1 aromatic rings. The third kappa shape index (κ3) is 2.83. The van der Waals surface area contributed by atoms with E-state index in [4.69, 9.17) is 9.84 Å². The molecule has 2 saturated carbocycles. The van der Waals surface area contributed by atoms with Gasteiger partial charge in [0.25, 0.3) is 0 Å². The molecule has 3 rings (SSSR count). The van der Waals surface area contributed by atoms with Crippen LogP contribution in [0, 0.1) is 36.5 Å². The van der Waals surface area contributed by atoms with Crippen molar-refractivity contribution in [1.82, 2.24) is 0 Å². The molecule has 2 bridgehead atoms. The summed E-state index contributed by atoms with van der Waals surface area (Å²) in [6.45, 7) is 2.82. The molecule has 106 valence electrons. The summed E-state index contributed by atoms with van der Waals surface area (Å²) in [6.07, 6.45) is 5.65. The van der Waals surface area contributed by atoms with Crippen LogP contribution in [0.3, 0.4) is 0 Å². The summed E-state index contributed by atoms with van der Waals surface area (Å²) in [5.41, 5.74) is 2.06. The summed E-state index contributed by atoms with van der Waals surface area (Å²) >= 11 is 0.